The van der Waals surface area contributed by atoms with E-state index in [0.717, 1.165) is 38.2 Å². The molecule has 2 aromatic heterocycles. The van der Waals surface area contributed by atoms with Crippen molar-refractivity contribution in [2.75, 3.05) is 6.61 Å². The number of carbonyl (C=O) groups excluding carboxylic acids is 2. The van der Waals surface area contributed by atoms with Gasteiger partial charge in [0.05, 0.1) is 52.0 Å². The zero-order valence-corrected chi connectivity index (χ0v) is 39.7. The number of benzene rings is 7. The predicted molar refractivity (Wildman–Crippen MR) is 267 cm³/mol. The largest absolute Gasteiger partial charge is 0.424 e. The molecule has 0 bridgehead atoms. The first-order valence-electron chi connectivity index (χ1n) is 23.9. The van der Waals surface area contributed by atoms with E-state index in [2.05, 4.69) is 20.6 Å². The number of carbonyl (C=O) groups is 2. The fourth-order valence-electron chi connectivity index (χ4n) is 8.57. The molecule has 370 valence electrons. The first kappa shape index (κ1) is 48.7. The Morgan fingerprint density at radius 2 is 0.890 bits per heavy atom. The van der Waals surface area contributed by atoms with Gasteiger partial charge < -0.3 is 37.9 Å². The number of aromatic nitrogens is 6. The van der Waals surface area contributed by atoms with Crippen molar-refractivity contribution in [3.63, 3.8) is 0 Å². The van der Waals surface area contributed by atoms with Gasteiger partial charge >= 0.3 is 11.9 Å². The van der Waals surface area contributed by atoms with E-state index >= 15 is 0 Å². The van der Waals surface area contributed by atoms with E-state index in [1.165, 1.54) is 9.36 Å². The van der Waals surface area contributed by atoms with Crippen molar-refractivity contribution in [1.29, 1.82) is 0 Å². The molecule has 73 heavy (non-hydrogen) atoms. The smallest absolute Gasteiger partial charge is 0.333 e. The minimum atomic E-state index is -1.04. The lowest BCUT2D eigenvalue weighted by Crippen LogP contribution is -2.61. The summed E-state index contributed by atoms with van der Waals surface area (Å²) in [5.41, 5.74) is 3.74. The van der Waals surface area contributed by atoms with Gasteiger partial charge in [-0.25, -0.2) is 19.0 Å². The molecule has 0 unspecified atom stereocenters. The maximum Gasteiger partial charge on any atom is 0.333 e. The number of rotatable bonds is 22. The summed E-state index contributed by atoms with van der Waals surface area (Å²) < 4.78 is 54.5. The summed E-state index contributed by atoms with van der Waals surface area (Å²) in [5.74, 6) is -0.0895. The first-order valence-corrected chi connectivity index (χ1v) is 23.9. The van der Waals surface area contributed by atoms with Crippen molar-refractivity contribution in [3.05, 3.63) is 216 Å². The maximum atomic E-state index is 13.2. The molecular formula is C57H52N6O10. The van der Waals surface area contributed by atoms with E-state index in [1.54, 1.807) is 24.5 Å². The molecule has 0 saturated carbocycles. The number of nitrogens with zero attached hydrogens (tertiary/aromatic N) is 6. The van der Waals surface area contributed by atoms with E-state index in [-0.39, 0.29) is 52.7 Å². The SMILES string of the molecule is O=C(Cn1cc(COC[C@H]2O[C@H](OCc3cn(CC(=O)Oc4cccc5ccccc45)nn3)[C@H](OCc3ccccc3)[C@@H](OCc3ccccc3)[C@@H]2OCc2ccccc2)nn1)Oc1cccc2ccccc12. The average Bonchev–Trinajstić information content (AvgIpc) is 4.08. The molecule has 0 radical (unpaired) electrons. The van der Waals surface area contributed by atoms with Crippen LogP contribution in [0.3, 0.4) is 0 Å². The Kier molecular flexibility index (Phi) is 16.0. The van der Waals surface area contributed by atoms with Crippen molar-refractivity contribution in [3.8, 4) is 11.5 Å². The standard InChI is InChI=1S/C57H52N6O10/c64-52(71-49-28-14-24-43-22-10-12-26-47(43)49)32-62-30-45(58-60-62)37-66-39-51-54(67-34-40-16-4-1-5-17-40)55(68-35-41-18-6-2-7-19-41)56(69-36-42-20-8-3-9-21-42)57(73-51)70-38-46-31-63(61-59-46)33-53(65)72-50-29-15-25-44-23-11-13-27-48(44)50/h1-31,51,54-57H,32-39H2/t51-,54-,55+,56-,57+/m1/s1. The van der Waals surface area contributed by atoms with Gasteiger partial charge in [0.15, 0.2) is 6.29 Å². The fraction of sp³-hybridized carbons (Fsp3) is 0.228. The molecule has 10 rings (SSSR count). The summed E-state index contributed by atoms with van der Waals surface area (Å²) in [7, 11) is 0. The lowest BCUT2D eigenvalue weighted by molar-refractivity contribution is -0.331. The van der Waals surface area contributed by atoms with E-state index in [0.29, 0.717) is 22.9 Å². The fourth-order valence-corrected chi connectivity index (χ4v) is 8.57. The van der Waals surface area contributed by atoms with Gasteiger partial charge in [-0.3, -0.25) is 0 Å². The summed E-state index contributed by atoms with van der Waals surface area (Å²) in [4.78, 5) is 26.2. The van der Waals surface area contributed by atoms with Crippen molar-refractivity contribution < 1.29 is 47.5 Å². The van der Waals surface area contributed by atoms with Gasteiger partial charge in [0.2, 0.25) is 0 Å². The second-order valence-electron chi connectivity index (χ2n) is 17.4. The van der Waals surface area contributed by atoms with Crippen LogP contribution in [0.15, 0.2) is 188 Å². The number of hydrogen-bond donors (Lipinski definition) is 0. The highest BCUT2D eigenvalue weighted by molar-refractivity contribution is 5.91. The molecule has 1 fully saturated rings. The van der Waals surface area contributed by atoms with E-state index in [1.807, 2.05) is 164 Å². The molecule has 7 aromatic carbocycles. The molecule has 1 saturated heterocycles. The van der Waals surface area contributed by atoms with Gasteiger partial charge in [0.1, 0.15) is 60.4 Å². The molecule has 9 aromatic rings. The molecule has 16 heteroatoms. The van der Waals surface area contributed by atoms with Crippen LogP contribution in [0.4, 0.5) is 0 Å². The predicted octanol–water partition coefficient (Wildman–Crippen LogP) is 8.60. The number of fused-ring (bicyclic) bond motifs is 2. The molecule has 0 spiro atoms. The molecule has 16 nitrogen and oxygen atoms in total. The van der Waals surface area contributed by atoms with Crippen LogP contribution in [0.5, 0.6) is 11.5 Å². The zero-order valence-electron chi connectivity index (χ0n) is 39.7. The van der Waals surface area contributed by atoms with E-state index in [9.17, 15) is 9.59 Å². The molecule has 5 atom stereocenters. The van der Waals surface area contributed by atoms with E-state index in [4.69, 9.17) is 37.9 Å². The molecule has 0 amide bonds. The summed E-state index contributed by atoms with van der Waals surface area (Å²) in [6.45, 7) is 0.328. The van der Waals surface area contributed by atoms with Gasteiger partial charge in [-0.05, 0) is 39.6 Å². The van der Waals surface area contributed by atoms with Crippen molar-refractivity contribution >= 4 is 33.5 Å². The Bertz CT molecular complexity index is 3200. The summed E-state index contributed by atoms with van der Waals surface area (Å²) >= 11 is 0. The Morgan fingerprint density at radius 3 is 1.41 bits per heavy atom. The molecule has 1 aliphatic heterocycles. The zero-order chi connectivity index (χ0) is 49.6. The number of ether oxygens (including phenoxy) is 8. The third kappa shape index (κ3) is 12.9. The molecule has 0 aliphatic carbocycles. The topological polar surface area (TPSA) is 169 Å². The quantitative estimate of drug-likeness (QED) is 0.0467. The third-order valence-corrected chi connectivity index (χ3v) is 12.1. The van der Waals surface area contributed by atoms with Crippen molar-refractivity contribution in [2.45, 2.75) is 76.8 Å². The summed E-state index contributed by atoms with van der Waals surface area (Å²) in [6.07, 6.45) is -0.872. The molecular weight excluding hydrogens is 929 g/mol. The first-order chi connectivity index (χ1) is 36.0. The maximum absolute atomic E-state index is 13.2. The van der Waals surface area contributed by atoms with Crippen LogP contribution in [-0.4, -0.2) is 79.2 Å². The van der Waals surface area contributed by atoms with Crippen LogP contribution >= 0.6 is 0 Å². The number of hydrogen-bond acceptors (Lipinski definition) is 14. The van der Waals surface area contributed by atoms with E-state index < -0.39 is 42.6 Å². The Balaban J connectivity index is 0.866. The normalized spacial score (nSPS) is 17.7. The van der Waals surface area contributed by atoms with Gasteiger partial charge in [0.25, 0.3) is 0 Å². The van der Waals surface area contributed by atoms with Crippen LogP contribution in [0.1, 0.15) is 28.1 Å². The second kappa shape index (κ2) is 24.0. The Labute approximate surface area is 420 Å². The Morgan fingerprint density at radius 1 is 0.452 bits per heavy atom. The molecule has 1 aliphatic rings. The third-order valence-electron chi connectivity index (χ3n) is 12.1. The second-order valence-corrected chi connectivity index (χ2v) is 17.4. The van der Waals surface area contributed by atoms with Crippen molar-refractivity contribution in [1.82, 2.24) is 30.0 Å². The number of esters is 2. The van der Waals surface area contributed by atoms with Crippen LogP contribution in [0.25, 0.3) is 21.5 Å². The summed E-state index contributed by atoms with van der Waals surface area (Å²) in [6, 6.07) is 56.0. The lowest BCUT2D eigenvalue weighted by Gasteiger charge is -2.45. The van der Waals surface area contributed by atoms with Gasteiger partial charge in [-0.1, -0.05) is 174 Å². The van der Waals surface area contributed by atoms with Crippen LogP contribution in [0, 0.1) is 0 Å². The van der Waals surface area contributed by atoms with Crippen LogP contribution in [-0.2, 0) is 84.1 Å². The Hall–Kier alpha value is -7.96. The molecule has 3 heterocycles. The monoisotopic (exact) mass is 980 g/mol. The summed E-state index contributed by atoms with van der Waals surface area (Å²) in [5, 5.41) is 20.5. The van der Waals surface area contributed by atoms with Gasteiger partial charge in [0, 0.05) is 10.8 Å². The van der Waals surface area contributed by atoms with Crippen LogP contribution < -0.4 is 9.47 Å². The highest BCUT2D eigenvalue weighted by Crippen LogP contribution is 2.33. The van der Waals surface area contributed by atoms with Gasteiger partial charge in [-0.15, -0.1) is 10.2 Å². The van der Waals surface area contributed by atoms with Crippen LogP contribution in [0.2, 0.25) is 0 Å². The van der Waals surface area contributed by atoms with Gasteiger partial charge in [-0.2, -0.15) is 0 Å². The van der Waals surface area contributed by atoms with Crippen molar-refractivity contribution in [2.24, 2.45) is 0 Å². The highest BCUT2D eigenvalue weighted by Gasteiger charge is 2.49. The molecule has 0 N–H and O–H groups in total. The minimum absolute atomic E-state index is 0.0148. The average molecular weight is 981 g/mol. The highest BCUT2D eigenvalue weighted by atomic mass is 16.7. The lowest BCUT2D eigenvalue weighted by atomic mass is 9.97. The minimum Gasteiger partial charge on any atom is -0.424 e.